The Bertz CT molecular complexity index is 522. The summed E-state index contributed by atoms with van der Waals surface area (Å²) in [7, 11) is 0. The minimum Gasteiger partial charge on any atom is -0.326 e. The Labute approximate surface area is 125 Å². The summed E-state index contributed by atoms with van der Waals surface area (Å²) >= 11 is 0. The Morgan fingerprint density at radius 3 is 2.57 bits per heavy atom. The number of aryl methyl sites for hydroxylation is 1. The molecule has 1 aliphatic rings. The number of benzene rings is 1. The maximum absolute atomic E-state index is 12.2. The Morgan fingerprint density at radius 2 is 1.90 bits per heavy atom. The highest BCUT2D eigenvalue weighted by atomic mass is 16.2. The fourth-order valence-electron chi connectivity index (χ4n) is 2.64. The number of anilines is 2. The Hall–Kier alpha value is -1.88. The van der Waals surface area contributed by atoms with Crippen molar-refractivity contribution in [2.24, 2.45) is 11.7 Å². The summed E-state index contributed by atoms with van der Waals surface area (Å²) < 4.78 is 0. The fourth-order valence-corrected chi connectivity index (χ4v) is 2.64. The van der Waals surface area contributed by atoms with Crippen LogP contribution in [0.1, 0.15) is 37.7 Å². The van der Waals surface area contributed by atoms with E-state index in [1.54, 1.807) is 6.07 Å². The van der Waals surface area contributed by atoms with Gasteiger partial charge in [0.25, 0.3) is 0 Å². The van der Waals surface area contributed by atoms with Crippen molar-refractivity contribution < 1.29 is 9.59 Å². The van der Waals surface area contributed by atoms with E-state index in [1.807, 2.05) is 19.1 Å². The molecule has 1 saturated carbocycles. The maximum atomic E-state index is 12.2. The molecule has 2 amide bonds. The van der Waals surface area contributed by atoms with E-state index < -0.39 is 0 Å². The predicted octanol–water partition coefficient (Wildman–Crippen LogP) is 2.41. The molecule has 114 valence electrons. The van der Waals surface area contributed by atoms with Crippen molar-refractivity contribution in [2.45, 2.75) is 39.0 Å². The molecule has 0 radical (unpaired) electrons. The van der Waals surface area contributed by atoms with E-state index in [9.17, 15) is 9.59 Å². The van der Waals surface area contributed by atoms with E-state index in [4.69, 9.17) is 5.73 Å². The van der Waals surface area contributed by atoms with Crippen LogP contribution in [0.3, 0.4) is 0 Å². The molecule has 0 saturated heterocycles. The summed E-state index contributed by atoms with van der Waals surface area (Å²) in [5, 5.41) is 5.69. The number of rotatable bonds is 4. The highest BCUT2D eigenvalue weighted by Gasteiger charge is 2.21. The fraction of sp³-hybridized carbons (Fsp3) is 0.500. The van der Waals surface area contributed by atoms with E-state index in [0.29, 0.717) is 11.4 Å². The van der Waals surface area contributed by atoms with Crippen molar-refractivity contribution in [1.29, 1.82) is 0 Å². The largest absolute Gasteiger partial charge is 0.326 e. The van der Waals surface area contributed by atoms with Crippen LogP contribution in [0.4, 0.5) is 11.4 Å². The van der Waals surface area contributed by atoms with Crippen LogP contribution < -0.4 is 16.4 Å². The van der Waals surface area contributed by atoms with Gasteiger partial charge in [-0.1, -0.05) is 25.3 Å². The molecule has 1 aliphatic carbocycles. The molecule has 4 N–H and O–H groups in total. The van der Waals surface area contributed by atoms with Crippen molar-refractivity contribution in [3.8, 4) is 0 Å². The van der Waals surface area contributed by atoms with Gasteiger partial charge in [0.2, 0.25) is 11.8 Å². The van der Waals surface area contributed by atoms with Crippen LogP contribution in [0.2, 0.25) is 0 Å². The molecule has 2 rings (SSSR count). The molecule has 1 fully saturated rings. The van der Waals surface area contributed by atoms with E-state index in [0.717, 1.165) is 31.2 Å². The monoisotopic (exact) mass is 289 g/mol. The molecule has 5 heteroatoms. The van der Waals surface area contributed by atoms with Crippen molar-refractivity contribution in [3.63, 3.8) is 0 Å². The standard InChI is InChI=1S/C16H23N3O2/c1-11-7-8-13(9-14(11)19-15(20)10-17)18-16(21)12-5-3-2-4-6-12/h7-9,12H,2-6,10,17H2,1H3,(H,18,21)(H,19,20). The third kappa shape index (κ3) is 4.29. The zero-order chi connectivity index (χ0) is 15.2. The predicted molar refractivity (Wildman–Crippen MR) is 84.1 cm³/mol. The second-order valence-electron chi connectivity index (χ2n) is 5.61. The molecule has 0 aliphatic heterocycles. The maximum Gasteiger partial charge on any atom is 0.238 e. The van der Waals surface area contributed by atoms with Gasteiger partial charge in [0, 0.05) is 17.3 Å². The Kier molecular flexibility index (Phi) is 5.33. The number of carbonyl (C=O) groups is 2. The topological polar surface area (TPSA) is 84.2 Å². The minimum atomic E-state index is -0.242. The zero-order valence-electron chi connectivity index (χ0n) is 12.4. The van der Waals surface area contributed by atoms with Crippen LogP contribution >= 0.6 is 0 Å². The average Bonchev–Trinajstić information content (AvgIpc) is 2.51. The van der Waals surface area contributed by atoms with Gasteiger partial charge in [-0.15, -0.1) is 0 Å². The van der Waals surface area contributed by atoms with Gasteiger partial charge in [-0.05, 0) is 37.5 Å². The van der Waals surface area contributed by atoms with Crippen molar-refractivity contribution >= 4 is 23.2 Å². The van der Waals surface area contributed by atoms with E-state index in [1.165, 1.54) is 6.42 Å². The van der Waals surface area contributed by atoms with Crippen molar-refractivity contribution in [3.05, 3.63) is 23.8 Å². The smallest absolute Gasteiger partial charge is 0.238 e. The lowest BCUT2D eigenvalue weighted by Gasteiger charge is -2.21. The molecular formula is C16H23N3O2. The molecule has 0 aromatic heterocycles. The highest BCUT2D eigenvalue weighted by Crippen LogP contribution is 2.26. The van der Waals surface area contributed by atoms with E-state index in [2.05, 4.69) is 10.6 Å². The molecule has 0 unspecified atom stereocenters. The molecular weight excluding hydrogens is 266 g/mol. The van der Waals surface area contributed by atoms with Crippen LogP contribution in [0.25, 0.3) is 0 Å². The van der Waals surface area contributed by atoms with Gasteiger partial charge in [0.1, 0.15) is 0 Å². The van der Waals surface area contributed by atoms with Gasteiger partial charge in [0.15, 0.2) is 0 Å². The molecule has 1 aromatic rings. The molecule has 0 spiro atoms. The minimum absolute atomic E-state index is 0.0574. The first-order valence-corrected chi connectivity index (χ1v) is 7.51. The number of amides is 2. The zero-order valence-corrected chi connectivity index (χ0v) is 12.4. The van der Waals surface area contributed by atoms with Crippen molar-refractivity contribution in [1.82, 2.24) is 0 Å². The van der Waals surface area contributed by atoms with Crippen molar-refractivity contribution in [2.75, 3.05) is 17.2 Å². The molecule has 1 aromatic carbocycles. The number of hydrogen-bond acceptors (Lipinski definition) is 3. The van der Waals surface area contributed by atoms with Crippen LogP contribution in [-0.4, -0.2) is 18.4 Å². The third-order valence-corrected chi connectivity index (χ3v) is 3.94. The lowest BCUT2D eigenvalue weighted by atomic mass is 9.88. The van der Waals surface area contributed by atoms with Crippen LogP contribution in [0.15, 0.2) is 18.2 Å². The van der Waals surface area contributed by atoms with Gasteiger partial charge in [-0.25, -0.2) is 0 Å². The molecule has 0 bridgehead atoms. The second-order valence-corrected chi connectivity index (χ2v) is 5.61. The second kappa shape index (κ2) is 7.22. The van der Waals surface area contributed by atoms with Gasteiger partial charge < -0.3 is 16.4 Å². The number of nitrogens with two attached hydrogens (primary N) is 1. The molecule has 5 nitrogen and oxygen atoms in total. The lowest BCUT2D eigenvalue weighted by molar-refractivity contribution is -0.120. The van der Waals surface area contributed by atoms with E-state index >= 15 is 0 Å². The third-order valence-electron chi connectivity index (χ3n) is 3.94. The molecule has 0 heterocycles. The van der Waals surface area contributed by atoms with Gasteiger partial charge in [-0.3, -0.25) is 9.59 Å². The molecule has 21 heavy (non-hydrogen) atoms. The summed E-state index contributed by atoms with van der Waals surface area (Å²) in [6.45, 7) is 1.84. The van der Waals surface area contributed by atoms with Crippen LogP contribution in [0, 0.1) is 12.8 Å². The first kappa shape index (κ1) is 15.5. The summed E-state index contributed by atoms with van der Waals surface area (Å²) in [5.41, 5.74) is 7.64. The summed E-state index contributed by atoms with van der Waals surface area (Å²) in [6.07, 6.45) is 5.42. The number of nitrogens with one attached hydrogen (secondary N) is 2. The summed E-state index contributed by atoms with van der Waals surface area (Å²) in [6, 6.07) is 5.51. The van der Waals surface area contributed by atoms with Gasteiger partial charge in [0.05, 0.1) is 6.54 Å². The highest BCUT2D eigenvalue weighted by molar-refractivity contribution is 5.96. The first-order valence-electron chi connectivity index (χ1n) is 7.51. The normalized spacial score (nSPS) is 15.5. The quantitative estimate of drug-likeness (QED) is 0.795. The Morgan fingerprint density at radius 1 is 1.19 bits per heavy atom. The van der Waals surface area contributed by atoms with E-state index in [-0.39, 0.29) is 24.3 Å². The molecule has 0 atom stereocenters. The SMILES string of the molecule is Cc1ccc(NC(=O)C2CCCCC2)cc1NC(=O)CN. The van der Waals surface area contributed by atoms with Crippen LogP contribution in [-0.2, 0) is 9.59 Å². The number of hydrogen-bond donors (Lipinski definition) is 3. The Balaban J connectivity index is 2.04. The lowest BCUT2D eigenvalue weighted by Crippen LogP contribution is -2.25. The van der Waals surface area contributed by atoms with Crippen LogP contribution in [0.5, 0.6) is 0 Å². The summed E-state index contributed by atoms with van der Waals surface area (Å²) in [4.78, 5) is 23.6. The summed E-state index contributed by atoms with van der Waals surface area (Å²) in [5.74, 6) is -0.0503. The first-order chi connectivity index (χ1) is 10.1. The van der Waals surface area contributed by atoms with Gasteiger partial charge in [-0.2, -0.15) is 0 Å². The average molecular weight is 289 g/mol. The van der Waals surface area contributed by atoms with Gasteiger partial charge >= 0.3 is 0 Å². The number of carbonyl (C=O) groups excluding carboxylic acids is 2.